The van der Waals surface area contributed by atoms with Crippen LogP contribution < -0.4 is 22.1 Å². The predicted octanol–water partition coefficient (Wildman–Crippen LogP) is 3.94. The Balaban J connectivity index is 1.71. The summed E-state index contributed by atoms with van der Waals surface area (Å²) >= 11 is 0. The second-order valence-electron chi connectivity index (χ2n) is 11.3. The SMILES string of the molecule is C=CC(=N\C=C(\C(C=NC)=C\N)C(C)C)/C(=C\N)C(=O)Nc1cc(NC(=O)C2CN(C(C)C3(C)CC3)C2)cnc1C. The van der Waals surface area contributed by atoms with Crippen LogP contribution in [0.2, 0.25) is 0 Å². The van der Waals surface area contributed by atoms with Crippen molar-refractivity contribution in [3.63, 3.8) is 0 Å². The van der Waals surface area contributed by atoms with E-state index in [2.05, 4.69) is 50.9 Å². The van der Waals surface area contributed by atoms with E-state index in [1.54, 1.807) is 38.6 Å². The third-order valence-electron chi connectivity index (χ3n) is 8.10. The smallest absolute Gasteiger partial charge is 0.259 e. The van der Waals surface area contributed by atoms with Crippen LogP contribution in [0.5, 0.6) is 0 Å². The fourth-order valence-electron chi connectivity index (χ4n) is 4.77. The van der Waals surface area contributed by atoms with Crippen LogP contribution in [-0.4, -0.2) is 59.8 Å². The number of hydrogen-bond acceptors (Lipinski definition) is 8. The number of hydrogen-bond donors (Lipinski definition) is 4. The van der Waals surface area contributed by atoms with Gasteiger partial charge in [0.25, 0.3) is 5.91 Å². The minimum Gasteiger partial charge on any atom is -0.404 e. The van der Waals surface area contributed by atoms with Gasteiger partial charge in [0.1, 0.15) is 0 Å². The van der Waals surface area contributed by atoms with E-state index in [1.807, 2.05) is 13.8 Å². The van der Waals surface area contributed by atoms with E-state index in [0.717, 1.165) is 24.2 Å². The summed E-state index contributed by atoms with van der Waals surface area (Å²) in [7, 11) is 1.66. The average molecular weight is 561 g/mol. The van der Waals surface area contributed by atoms with E-state index in [0.29, 0.717) is 28.5 Å². The number of likely N-dealkylation sites (tertiary alicyclic amines) is 1. The fraction of sp³-hybridized carbons (Fsp3) is 0.452. The summed E-state index contributed by atoms with van der Waals surface area (Å²) in [5, 5.41) is 5.80. The van der Waals surface area contributed by atoms with Gasteiger partial charge < -0.3 is 22.1 Å². The van der Waals surface area contributed by atoms with Crippen LogP contribution in [0.25, 0.3) is 0 Å². The average Bonchev–Trinajstić information content (AvgIpc) is 3.66. The number of nitrogens with two attached hydrogens (primary N) is 2. The topological polar surface area (TPSA) is 151 Å². The van der Waals surface area contributed by atoms with Gasteiger partial charge in [-0.15, -0.1) is 0 Å². The van der Waals surface area contributed by atoms with Crippen molar-refractivity contribution < 1.29 is 9.59 Å². The molecule has 0 bridgehead atoms. The zero-order valence-electron chi connectivity index (χ0n) is 25.1. The fourth-order valence-corrected chi connectivity index (χ4v) is 4.77. The van der Waals surface area contributed by atoms with Crippen LogP contribution in [0, 0.1) is 24.2 Å². The monoisotopic (exact) mass is 560 g/mol. The maximum Gasteiger partial charge on any atom is 0.259 e. The van der Waals surface area contributed by atoms with Crippen LogP contribution in [0.3, 0.4) is 0 Å². The highest BCUT2D eigenvalue weighted by Gasteiger charge is 2.48. The summed E-state index contributed by atoms with van der Waals surface area (Å²) in [5.74, 6) is -0.510. The molecule has 6 N–H and O–H groups in total. The molecule has 220 valence electrons. The van der Waals surface area contributed by atoms with E-state index < -0.39 is 5.91 Å². The van der Waals surface area contributed by atoms with E-state index in [-0.39, 0.29) is 29.0 Å². The molecule has 1 aromatic heterocycles. The van der Waals surface area contributed by atoms with E-state index in [1.165, 1.54) is 31.3 Å². The largest absolute Gasteiger partial charge is 0.404 e. The second kappa shape index (κ2) is 13.5. The molecule has 1 unspecified atom stereocenters. The van der Waals surface area contributed by atoms with Crippen molar-refractivity contribution >= 4 is 35.1 Å². The van der Waals surface area contributed by atoms with Crippen LogP contribution in [0.15, 0.2) is 70.2 Å². The van der Waals surface area contributed by atoms with Crippen molar-refractivity contribution in [1.82, 2.24) is 9.88 Å². The summed E-state index contributed by atoms with van der Waals surface area (Å²) in [6, 6.07) is 2.18. The summed E-state index contributed by atoms with van der Waals surface area (Å²) in [6.07, 6.45) is 11.5. The first kappa shape index (κ1) is 31.5. The Kier molecular flexibility index (Phi) is 10.4. The number of nitrogens with zero attached hydrogens (tertiary/aromatic N) is 4. The molecule has 10 heteroatoms. The number of nitrogens with one attached hydrogen (secondary N) is 2. The molecule has 1 aliphatic heterocycles. The van der Waals surface area contributed by atoms with Crippen molar-refractivity contribution in [2.24, 2.45) is 38.7 Å². The number of amides is 2. The van der Waals surface area contributed by atoms with Crippen molar-refractivity contribution in [2.75, 3.05) is 30.8 Å². The highest BCUT2D eigenvalue weighted by molar-refractivity contribution is 6.29. The number of carbonyl (C=O) groups is 2. The Morgan fingerprint density at radius 2 is 1.88 bits per heavy atom. The van der Waals surface area contributed by atoms with Gasteiger partial charge in [0, 0.05) is 56.6 Å². The molecular formula is C31H44N8O2. The molecule has 1 atom stereocenters. The number of pyridine rings is 1. The molecule has 41 heavy (non-hydrogen) atoms. The summed E-state index contributed by atoms with van der Waals surface area (Å²) in [4.78, 5) is 41.4. The Bertz CT molecular complexity index is 1310. The van der Waals surface area contributed by atoms with Crippen molar-refractivity contribution in [3.8, 4) is 0 Å². The molecule has 1 saturated heterocycles. The molecule has 2 heterocycles. The second-order valence-corrected chi connectivity index (χ2v) is 11.3. The number of allylic oxidation sites excluding steroid dienone is 3. The van der Waals surface area contributed by atoms with Crippen LogP contribution in [0.1, 0.15) is 46.2 Å². The minimum absolute atomic E-state index is 0.0484. The zero-order chi connectivity index (χ0) is 30.3. The van der Waals surface area contributed by atoms with Gasteiger partial charge in [0.05, 0.1) is 40.5 Å². The molecule has 1 aliphatic carbocycles. The lowest BCUT2D eigenvalue weighted by Gasteiger charge is -2.44. The maximum atomic E-state index is 13.3. The number of rotatable bonds is 12. The summed E-state index contributed by atoms with van der Waals surface area (Å²) in [6.45, 7) is 15.7. The van der Waals surface area contributed by atoms with Crippen molar-refractivity contribution in [1.29, 1.82) is 0 Å². The van der Waals surface area contributed by atoms with E-state index >= 15 is 0 Å². The molecule has 3 rings (SSSR count). The highest BCUT2D eigenvalue weighted by atomic mass is 16.2. The molecular weight excluding hydrogens is 516 g/mol. The van der Waals surface area contributed by atoms with Gasteiger partial charge in [-0.25, -0.2) is 0 Å². The van der Waals surface area contributed by atoms with Gasteiger partial charge >= 0.3 is 0 Å². The first-order valence-corrected chi connectivity index (χ1v) is 14.0. The molecule has 0 radical (unpaired) electrons. The number of anilines is 2. The zero-order valence-corrected chi connectivity index (χ0v) is 25.1. The quantitative estimate of drug-likeness (QED) is 0.173. The Hall–Kier alpha value is -4.05. The predicted molar refractivity (Wildman–Crippen MR) is 168 cm³/mol. The standard InChI is InChI=1S/C31H44N8O2/c1-8-27(36-16-26(19(2)3)22(12-32)14-34-7)25(13-33)30(41)38-28-11-24(15-35-20(28)4)37-29(40)23-17-39(18-23)21(5)31(6)9-10-31/h8,11-16,19,21,23H,1,9-10,17-18,32-33H2,2-7H3,(H,37,40)(H,38,41)/b22-12+,25-13+,26-16+,34-14?,36-27+. The van der Waals surface area contributed by atoms with Crippen LogP contribution >= 0.6 is 0 Å². The highest BCUT2D eigenvalue weighted by Crippen LogP contribution is 2.50. The van der Waals surface area contributed by atoms with Gasteiger partial charge in [0.2, 0.25) is 5.91 Å². The third-order valence-corrected chi connectivity index (χ3v) is 8.10. The number of carbonyl (C=O) groups excluding carboxylic acids is 2. The van der Waals surface area contributed by atoms with Crippen LogP contribution in [0.4, 0.5) is 11.4 Å². The number of aliphatic imine (C=N–C) groups is 2. The van der Waals surface area contributed by atoms with Gasteiger partial charge in [-0.3, -0.25) is 29.5 Å². The molecule has 2 fully saturated rings. The number of aryl methyl sites for hydroxylation is 1. The van der Waals surface area contributed by atoms with Gasteiger partial charge in [-0.05, 0) is 55.7 Å². The lowest BCUT2D eigenvalue weighted by atomic mass is 9.90. The third kappa shape index (κ3) is 7.58. The molecule has 2 amide bonds. The Morgan fingerprint density at radius 1 is 1.20 bits per heavy atom. The molecule has 10 nitrogen and oxygen atoms in total. The molecule has 0 spiro atoms. The van der Waals surface area contributed by atoms with Crippen LogP contribution in [-0.2, 0) is 9.59 Å². The van der Waals surface area contributed by atoms with E-state index in [9.17, 15) is 9.59 Å². The molecule has 2 aliphatic rings. The normalized spacial score (nSPS) is 19.2. The molecule has 1 saturated carbocycles. The van der Waals surface area contributed by atoms with Gasteiger partial charge in [-0.2, -0.15) is 0 Å². The summed E-state index contributed by atoms with van der Waals surface area (Å²) < 4.78 is 0. The van der Waals surface area contributed by atoms with Gasteiger partial charge in [0.15, 0.2) is 0 Å². The first-order chi connectivity index (χ1) is 19.5. The van der Waals surface area contributed by atoms with E-state index in [4.69, 9.17) is 11.5 Å². The summed E-state index contributed by atoms with van der Waals surface area (Å²) in [5.41, 5.74) is 15.5. The molecule has 1 aromatic rings. The van der Waals surface area contributed by atoms with Crippen molar-refractivity contribution in [2.45, 2.75) is 53.5 Å². The lowest BCUT2D eigenvalue weighted by molar-refractivity contribution is -0.126. The Morgan fingerprint density at radius 3 is 2.41 bits per heavy atom. The lowest BCUT2D eigenvalue weighted by Crippen LogP contribution is -2.57. The molecule has 0 aromatic carbocycles. The van der Waals surface area contributed by atoms with Crippen molar-refractivity contribution in [3.05, 3.63) is 65.9 Å². The number of aromatic nitrogens is 1. The first-order valence-electron chi connectivity index (χ1n) is 14.0. The van der Waals surface area contributed by atoms with Gasteiger partial charge in [-0.1, -0.05) is 27.4 Å². The maximum absolute atomic E-state index is 13.3. The minimum atomic E-state index is -0.485. The Labute approximate surface area is 243 Å².